The molecule has 22 heavy (non-hydrogen) atoms. The molecule has 2 aromatic carbocycles. The highest BCUT2D eigenvalue weighted by molar-refractivity contribution is 6.22. The minimum atomic E-state index is -0.330. The molecule has 0 radical (unpaired) electrons. The van der Waals surface area contributed by atoms with Gasteiger partial charge in [-0.3, -0.25) is 0 Å². The summed E-state index contributed by atoms with van der Waals surface area (Å²) in [7, 11) is 0. The summed E-state index contributed by atoms with van der Waals surface area (Å²) in [6.07, 6.45) is 0. The van der Waals surface area contributed by atoms with Crippen LogP contribution in [0.5, 0.6) is 0 Å². The second-order valence-electron chi connectivity index (χ2n) is 6.66. The van der Waals surface area contributed by atoms with Gasteiger partial charge in [0.1, 0.15) is 0 Å². The number of rotatable bonds is 0. The van der Waals surface area contributed by atoms with Gasteiger partial charge in [-0.25, -0.2) is 0 Å². The third-order valence-corrected chi connectivity index (χ3v) is 5.85. The summed E-state index contributed by atoms with van der Waals surface area (Å²) in [4.78, 5) is 0. The van der Waals surface area contributed by atoms with Crippen molar-refractivity contribution in [3.8, 4) is 0 Å². The molecule has 2 aromatic rings. The Labute approximate surface area is 130 Å². The normalized spacial score (nSPS) is 15.7. The summed E-state index contributed by atoms with van der Waals surface area (Å²) in [5.74, 6) is -0.659. The van der Waals surface area contributed by atoms with Crippen LogP contribution in [0.3, 0.4) is 0 Å². The fourth-order valence-electron chi connectivity index (χ4n) is 4.36. The summed E-state index contributed by atoms with van der Waals surface area (Å²) in [5, 5.41) is 27.1. The molecule has 0 saturated heterocycles. The van der Waals surface area contributed by atoms with Crippen molar-refractivity contribution in [3.63, 3.8) is 0 Å². The first-order chi connectivity index (χ1) is 10.3. The lowest BCUT2D eigenvalue weighted by Gasteiger charge is -2.20. The molecule has 0 saturated carbocycles. The molecule has 2 nitrogen and oxygen atoms in total. The van der Waals surface area contributed by atoms with Crippen LogP contribution in [-0.2, 0) is 0 Å². The average molecular weight is 290 g/mol. The minimum Gasteiger partial charge on any atom is -0.872 e. The molecule has 4 rings (SSSR count). The van der Waals surface area contributed by atoms with Crippen molar-refractivity contribution in [1.29, 1.82) is 0 Å². The molecule has 0 N–H and O–H groups in total. The van der Waals surface area contributed by atoms with E-state index >= 15 is 0 Å². The first kappa shape index (κ1) is 13.4. The highest BCUT2D eigenvalue weighted by Crippen LogP contribution is 2.53. The molecule has 2 aliphatic carbocycles. The Hall–Kier alpha value is -2.22. The fourth-order valence-corrected chi connectivity index (χ4v) is 4.36. The Bertz CT molecular complexity index is 830. The Balaban J connectivity index is 2.43. The highest BCUT2D eigenvalue weighted by atomic mass is 16.3. The predicted octanol–water partition coefficient (Wildman–Crippen LogP) is 3.20. The summed E-state index contributed by atoms with van der Waals surface area (Å²) in [5.41, 5.74) is 10.5. The minimum absolute atomic E-state index is 0.330. The zero-order valence-corrected chi connectivity index (χ0v) is 13.8. The Morgan fingerprint density at radius 2 is 0.727 bits per heavy atom. The van der Waals surface area contributed by atoms with Crippen LogP contribution in [0.15, 0.2) is 0 Å². The number of hydrogen-bond acceptors (Lipinski definition) is 2. The van der Waals surface area contributed by atoms with Crippen LogP contribution < -0.4 is 10.2 Å². The van der Waals surface area contributed by atoms with Gasteiger partial charge in [0.15, 0.2) is 0 Å². The number of benzene rings is 2. The van der Waals surface area contributed by atoms with Crippen molar-refractivity contribution in [2.24, 2.45) is 0 Å². The van der Waals surface area contributed by atoms with E-state index in [0.717, 1.165) is 33.0 Å². The fraction of sp³-hybridized carbons (Fsp3) is 0.300. The van der Waals surface area contributed by atoms with E-state index in [1.807, 2.05) is 13.8 Å². The van der Waals surface area contributed by atoms with Crippen molar-refractivity contribution < 1.29 is 10.2 Å². The van der Waals surface area contributed by atoms with Gasteiger partial charge in [-0.1, -0.05) is 0 Å². The number of allylic oxidation sites excluding steroid dienone is 2. The van der Waals surface area contributed by atoms with Crippen LogP contribution in [0.4, 0.5) is 0 Å². The molecule has 0 heterocycles. The van der Waals surface area contributed by atoms with E-state index in [1.54, 1.807) is 0 Å². The summed E-state index contributed by atoms with van der Waals surface area (Å²) in [6, 6.07) is 0. The molecule has 2 aliphatic rings. The maximum atomic E-state index is 12.6. The van der Waals surface area contributed by atoms with Gasteiger partial charge < -0.3 is 10.2 Å². The van der Waals surface area contributed by atoms with E-state index in [2.05, 4.69) is 27.7 Å². The first-order valence-corrected chi connectivity index (χ1v) is 7.66. The lowest BCUT2D eigenvalue weighted by Crippen LogP contribution is -2.11. The maximum absolute atomic E-state index is 12.6. The zero-order valence-electron chi connectivity index (χ0n) is 13.8. The van der Waals surface area contributed by atoms with E-state index < -0.39 is 0 Å². The third-order valence-electron chi connectivity index (χ3n) is 5.85. The first-order valence-electron chi connectivity index (χ1n) is 7.66. The van der Waals surface area contributed by atoms with Crippen LogP contribution in [-0.4, -0.2) is 0 Å². The Morgan fingerprint density at radius 1 is 0.455 bits per heavy atom. The Morgan fingerprint density at radius 3 is 1.09 bits per heavy atom. The molecular formula is C20H18O2-2. The monoisotopic (exact) mass is 290 g/mol. The average Bonchev–Trinajstić information content (AvgIpc) is 2.89. The van der Waals surface area contributed by atoms with Crippen molar-refractivity contribution in [1.82, 2.24) is 0 Å². The van der Waals surface area contributed by atoms with Crippen LogP contribution in [0.2, 0.25) is 0 Å². The molecule has 0 atom stereocenters. The van der Waals surface area contributed by atoms with E-state index in [4.69, 9.17) is 0 Å². The topological polar surface area (TPSA) is 46.1 Å². The second kappa shape index (κ2) is 3.75. The molecule has 0 spiro atoms. The zero-order chi connectivity index (χ0) is 16.1. The quantitative estimate of drug-likeness (QED) is 0.748. The van der Waals surface area contributed by atoms with Gasteiger partial charge in [-0.15, -0.1) is 11.5 Å². The van der Waals surface area contributed by atoms with E-state index in [-0.39, 0.29) is 11.5 Å². The van der Waals surface area contributed by atoms with E-state index in [0.29, 0.717) is 11.1 Å². The lowest BCUT2D eigenvalue weighted by molar-refractivity contribution is -0.278. The molecule has 0 unspecified atom stereocenters. The van der Waals surface area contributed by atoms with Gasteiger partial charge in [-0.05, 0) is 108 Å². The van der Waals surface area contributed by atoms with Crippen LogP contribution >= 0.6 is 0 Å². The summed E-state index contributed by atoms with van der Waals surface area (Å²) in [6.45, 7) is 12.4. The molecule has 0 bridgehead atoms. The van der Waals surface area contributed by atoms with Crippen LogP contribution in [0.25, 0.3) is 33.4 Å². The second-order valence-corrected chi connectivity index (χ2v) is 6.66. The van der Waals surface area contributed by atoms with Crippen molar-refractivity contribution >= 4 is 33.4 Å². The van der Waals surface area contributed by atoms with E-state index in [1.165, 1.54) is 22.3 Å². The van der Waals surface area contributed by atoms with Gasteiger partial charge in [0.2, 0.25) is 0 Å². The molecule has 0 aromatic heterocycles. The van der Waals surface area contributed by atoms with Gasteiger partial charge >= 0.3 is 0 Å². The molecule has 112 valence electrons. The lowest BCUT2D eigenvalue weighted by atomic mass is 9.86. The van der Waals surface area contributed by atoms with Gasteiger partial charge in [0, 0.05) is 0 Å². The molecule has 0 aliphatic heterocycles. The standard InChI is InChI=1S/C20H20O2/c1-7-8(2)14-10(4)12(6)16-18-15(19(21)20(16)22)11(5)9(3)13(7)17(14)18/h21-22H,1-6H3/p-2. The van der Waals surface area contributed by atoms with Crippen molar-refractivity contribution in [3.05, 3.63) is 44.5 Å². The highest BCUT2D eigenvalue weighted by Gasteiger charge is 2.30. The van der Waals surface area contributed by atoms with Gasteiger partial charge in [0.05, 0.1) is 0 Å². The van der Waals surface area contributed by atoms with Crippen molar-refractivity contribution in [2.75, 3.05) is 0 Å². The van der Waals surface area contributed by atoms with E-state index in [9.17, 15) is 10.2 Å². The summed E-state index contributed by atoms with van der Waals surface area (Å²) >= 11 is 0. The molecular weight excluding hydrogens is 272 g/mol. The van der Waals surface area contributed by atoms with Crippen LogP contribution in [0, 0.1) is 27.7 Å². The van der Waals surface area contributed by atoms with Gasteiger partial charge in [-0.2, -0.15) is 0 Å². The number of hydrogen-bond donors (Lipinski definition) is 0. The molecule has 0 fully saturated rings. The SMILES string of the molecule is CC1=C(C)c2c(C)c(C)c3c4c(c(C)c(C)c1c24)C([O-])=C3[O-]. The smallest absolute Gasteiger partial charge is 0.00160 e. The molecule has 0 amide bonds. The largest absolute Gasteiger partial charge is 0.872 e. The molecule has 2 heteroatoms. The van der Waals surface area contributed by atoms with Crippen LogP contribution in [0.1, 0.15) is 58.4 Å². The maximum Gasteiger partial charge on any atom is -0.00160 e. The third kappa shape index (κ3) is 1.16. The van der Waals surface area contributed by atoms with Crippen molar-refractivity contribution in [2.45, 2.75) is 41.5 Å². The summed E-state index contributed by atoms with van der Waals surface area (Å²) < 4.78 is 0. The van der Waals surface area contributed by atoms with Gasteiger partial charge in [0.25, 0.3) is 0 Å². The Kier molecular flexibility index (Phi) is 2.29. The predicted molar refractivity (Wildman–Crippen MR) is 87.9 cm³/mol.